The van der Waals surface area contributed by atoms with Gasteiger partial charge in [-0.3, -0.25) is 14.2 Å². The molecule has 0 spiro atoms. The zero-order chi connectivity index (χ0) is 42.3. The molecule has 0 rings (SSSR count). The largest absolute Gasteiger partial charge is 0.756 e. The lowest BCUT2D eigenvalue weighted by atomic mass is 10.1. The third-order valence-electron chi connectivity index (χ3n) is 9.11. The first-order valence-electron chi connectivity index (χ1n) is 22.1. The molecule has 57 heavy (non-hydrogen) atoms. The topological polar surface area (TPSA) is 131 Å². The minimum Gasteiger partial charge on any atom is -0.756 e. The minimum atomic E-state index is -4.68. The lowest BCUT2D eigenvalue weighted by Gasteiger charge is -2.28. The lowest BCUT2D eigenvalue weighted by molar-refractivity contribution is -0.870. The van der Waals surface area contributed by atoms with Gasteiger partial charge < -0.3 is 33.0 Å². The molecule has 0 aliphatic carbocycles. The highest BCUT2D eigenvalue weighted by Crippen LogP contribution is 2.38. The average molecular weight is 824 g/mol. The van der Waals surface area contributed by atoms with E-state index in [0.29, 0.717) is 30.3 Å². The number of unbranched alkanes of at least 4 members (excludes halogenated alkanes) is 14. The molecular weight excluding hydrogens is 741 g/mol. The second-order valence-electron chi connectivity index (χ2n) is 15.9. The van der Waals surface area contributed by atoms with Gasteiger partial charge in [-0.1, -0.05) is 139 Å². The Morgan fingerprint density at radius 2 is 1.18 bits per heavy atom. The molecule has 11 heteroatoms. The van der Waals surface area contributed by atoms with Gasteiger partial charge in [0.15, 0.2) is 6.10 Å². The van der Waals surface area contributed by atoms with Crippen LogP contribution in [0, 0.1) is 0 Å². The van der Waals surface area contributed by atoms with Gasteiger partial charge in [-0.05, 0) is 70.6 Å². The number of hydrogen-bond acceptors (Lipinski definition) is 9. The number of carbonyl (C=O) groups is 2. The summed E-state index contributed by atoms with van der Waals surface area (Å²) in [6.07, 6.45) is 41.3. The van der Waals surface area contributed by atoms with Gasteiger partial charge in [0.05, 0.1) is 33.9 Å². The summed E-state index contributed by atoms with van der Waals surface area (Å²) in [5.74, 6) is -1.05. The molecule has 3 atom stereocenters. The standard InChI is InChI=1S/C46H82NO9P/c1-6-8-10-12-14-16-18-20-21-23-25-27-29-31-33-37-45(49)53-41-44(42-55-57(51,52)54-40-39-47(3,4)5)56-46(50)38-34-36-43(48)35-32-30-28-26-24-22-19-17-15-13-11-9-7-2/h15-18,22,24,28,30,32,35,43-44,48H,6-14,19-21,23,25-27,29,31,33-34,36-42H2,1-5H3/b17-15-,18-16-,24-22-,30-28-,35-32+/t43-,44+/m0/s1. The van der Waals surface area contributed by atoms with Gasteiger partial charge in [0.25, 0.3) is 7.82 Å². The highest BCUT2D eigenvalue weighted by molar-refractivity contribution is 7.45. The summed E-state index contributed by atoms with van der Waals surface area (Å²) < 4.78 is 33.7. The Morgan fingerprint density at radius 3 is 1.82 bits per heavy atom. The number of nitrogens with zero attached hydrogens (tertiary/aromatic N) is 1. The Labute approximate surface area is 348 Å². The number of aliphatic hydroxyl groups is 1. The number of likely N-dealkylation sites (N-methyl/N-ethyl adjacent to an activating group) is 1. The average Bonchev–Trinajstić information content (AvgIpc) is 3.15. The monoisotopic (exact) mass is 824 g/mol. The van der Waals surface area contributed by atoms with Crippen LogP contribution in [-0.4, -0.2) is 81.2 Å². The number of phosphoric acid groups is 1. The van der Waals surface area contributed by atoms with Crippen LogP contribution in [0.25, 0.3) is 0 Å². The molecule has 0 bridgehead atoms. The molecule has 0 aromatic rings. The Balaban J connectivity index is 4.58. The number of carbonyl (C=O) groups excluding carboxylic acids is 2. The summed E-state index contributed by atoms with van der Waals surface area (Å²) in [4.78, 5) is 37.5. The van der Waals surface area contributed by atoms with Gasteiger partial charge in [0.1, 0.15) is 19.8 Å². The fraction of sp³-hybridized carbons (Fsp3) is 0.739. The summed E-state index contributed by atoms with van der Waals surface area (Å²) >= 11 is 0. The van der Waals surface area contributed by atoms with E-state index in [9.17, 15) is 24.2 Å². The van der Waals surface area contributed by atoms with Crippen LogP contribution in [0.15, 0.2) is 60.8 Å². The molecule has 0 heterocycles. The first kappa shape index (κ1) is 54.7. The molecule has 0 aliphatic rings. The Kier molecular flexibility index (Phi) is 36.4. The first-order chi connectivity index (χ1) is 27.4. The highest BCUT2D eigenvalue weighted by Gasteiger charge is 2.22. The zero-order valence-corrected chi connectivity index (χ0v) is 37.5. The Hall–Kier alpha value is -2.33. The van der Waals surface area contributed by atoms with Crippen LogP contribution in [0.1, 0.15) is 162 Å². The Bertz CT molecular complexity index is 1170. The maximum absolute atomic E-state index is 12.7. The van der Waals surface area contributed by atoms with Crippen molar-refractivity contribution >= 4 is 19.8 Å². The summed E-state index contributed by atoms with van der Waals surface area (Å²) in [6, 6.07) is 0. The summed E-state index contributed by atoms with van der Waals surface area (Å²) in [7, 11) is 1.04. The van der Waals surface area contributed by atoms with Crippen molar-refractivity contribution in [2.45, 2.75) is 174 Å². The molecule has 0 radical (unpaired) electrons. The fourth-order valence-electron chi connectivity index (χ4n) is 5.57. The Morgan fingerprint density at radius 1 is 0.649 bits per heavy atom. The molecular formula is C46H82NO9P. The predicted molar refractivity (Wildman–Crippen MR) is 232 cm³/mol. The van der Waals surface area contributed by atoms with Crippen LogP contribution in [0.3, 0.4) is 0 Å². The normalized spacial score (nSPS) is 14.7. The number of ether oxygens (including phenoxy) is 2. The van der Waals surface area contributed by atoms with Crippen molar-refractivity contribution < 1.29 is 47.2 Å². The van der Waals surface area contributed by atoms with E-state index < -0.39 is 38.6 Å². The SMILES string of the molecule is CCCCC/C=C\C/C=C\C/C=C\C=C\[C@H](O)CCCC(=O)O[C@H](COC(=O)CCCCCCCCC/C=C\CCCCCC)COP(=O)([O-])OCC[N+](C)(C)C. The van der Waals surface area contributed by atoms with Crippen molar-refractivity contribution in [3.8, 4) is 0 Å². The van der Waals surface area contributed by atoms with Crippen molar-refractivity contribution in [1.29, 1.82) is 0 Å². The van der Waals surface area contributed by atoms with E-state index in [2.05, 4.69) is 50.3 Å². The van der Waals surface area contributed by atoms with Gasteiger partial charge in [-0.2, -0.15) is 0 Å². The number of rotatable bonds is 39. The molecule has 0 fully saturated rings. The van der Waals surface area contributed by atoms with Crippen LogP contribution in [0.2, 0.25) is 0 Å². The third-order valence-corrected chi connectivity index (χ3v) is 10.1. The molecule has 330 valence electrons. The second kappa shape index (κ2) is 37.9. The van der Waals surface area contributed by atoms with Gasteiger partial charge >= 0.3 is 11.9 Å². The number of phosphoric ester groups is 1. The molecule has 1 N–H and O–H groups in total. The summed E-state index contributed by atoms with van der Waals surface area (Å²) in [6.45, 7) is 3.94. The number of aliphatic hydroxyl groups excluding tert-OH is 1. The van der Waals surface area contributed by atoms with Crippen molar-refractivity contribution in [1.82, 2.24) is 0 Å². The maximum Gasteiger partial charge on any atom is 0.306 e. The molecule has 1 unspecified atom stereocenters. The van der Waals surface area contributed by atoms with Gasteiger partial charge in [-0.25, -0.2) is 0 Å². The molecule has 10 nitrogen and oxygen atoms in total. The van der Waals surface area contributed by atoms with Crippen LogP contribution in [0.4, 0.5) is 0 Å². The van der Waals surface area contributed by atoms with Gasteiger partial charge in [0, 0.05) is 12.8 Å². The summed E-state index contributed by atoms with van der Waals surface area (Å²) in [5, 5.41) is 10.3. The zero-order valence-electron chi connectivity index (χ0n) is 36.6. The van der Waals surface area contributed by atoms with Gasteiger partial charge in [-0.15, -0.1) is 0 Å². The lowest BCUT2D eigenvalue weighted by Crippen LogP contribution is -2.37. The van der Waals surface area contributed by atoms with E-state index in [1.54, 1.807) is 12.2 Å². The maximum atomic E-state index is 12.7. The molecule has 0 saturated heterocycles. The predicted octanol–water partition coefficient (Wildman–Crippen LogP) is 10.8. The second-order valence-corrected chi connectivity index (χ2v) is 17.3. The van der Waals surface area contributed by atoms with E-state index in [-0.39, 0.29) is 26.1 Å². The van der Waals surface area contributed by atoms with Crippen molar-refractivity contribution in [3.05, 3.63) is 60.8 Å². The van der Waals surface area contributed by atoms with Gasteiger partial charge in [0.2, 0.25) is 0 Å². The first-order valence-corrected chi connectivity index (χ1v) is 23.6. The van der Waals surface area contributed by atoms with Crippen LogP contribution in [0.5, 0.6) is 0 Å². The van der Waals surface area contributed by atoms with E-state index in [0.717, 1.165) is 44.9 Å². The number of allylic oxidation sites excluding steroid dienone is 9. The van der Waals surface area contributed by atoms with Crippen molar-refractivity contribution in [2.75, 3.05) is 47.5 Å². The minimum absolute atomic E-state index is 0.00606. The number of hydrogen-bond donors (Lipinski definition) is 1. The molecule has 0 aromatic carbocycles. The van der Waals surface area contributed by atoms with E-state index in [4.69, 9.17) is 18.5 Å². The van der Waals surface area contributed by atoms with Crippen LogP contribution >= 0.6 is 7.82 Å². The van der Waals surface area contributed by atoms with E-state index >= 15 is 0 Å². The highest BCUT2D eigenvalue weighted by atomic mass is 31.2. The molecule has 0 amide bonds. The van der Waals surface area contributed by atoms with E-state index in [1.807, 2.05) is 33.3 Å². The quantitative estimate of drug-likeness (QED) is 0.0161. The van der Waals surface area contributed by atoms with Crippen molar-refractivity contribution in [2.24, 2.45) is 0 Å². The molecule has 0 saturated carbocycles. The summed E-state index contributed by atoms with van der Waals surface area (Å²) in [5.41, 5.74) is 0. The van der Waals surface area contributed by atoms with E-state index in [1.165, 1.54) is 70.6 Å². The van der Waals surface area contributed by atoms with Crippen LogP contribution in [-0.2, 0) is 32.7 Å². The fourth-order valence-corrected chi connectivity index (χ4v) is 6.30. The smallest absolute Gasteiger partial charge is 0.306 e. The molecule has 0 aromatic heterocycles. The molecule has 0 aliphatic heterocycles. The third kappa shape index (κ3) is 41.6. The number of esters is 2. The van der Waals surface area contributed by atoms with Crippen molar-refractivity contribution in [3.63, 3.8) is 0 Å². The van der Waals surface area contributed by atoms with Crippen LogP contribution < -0.4 is 4.89 Å². The number of quaternary nitrogens is 1.